The average molecular weight is 196 g/mol. The van der Waals surface area contributed by atoms with Crippen molar-refractivity contribution in [2.75, 3.05) is 0 Å². The van der Waals surface area contributed by atoms with Gasteiger partial charge >= 0.3 is 0 Å². The molecule has 0 aliphatic heterocycles. The molecule has 1 aliphatic rings. The Morgan fingerprint density at radius 2 is 1.93 bits per heavy atom. The van der Waals surface area contributed by atoms with Crippen molar-refractivity contribution in [1.82, 2.24) is 0 Å². The molecule has 0 amide bonds. The zero-order chi connectivity index (χ0) is 10.7. The number of rotatable bonds is 2. The molecule has 0 unspecified atom stereocenters. The number of hydrogen-bond acceptors (Lipinski definition) is 0. The quantitative estimate of drug-likeness (QED) is 0.662. The molecule has 0 saturated heterocycles. The summed E-state index contributed by atoms with van der Waals surface area (Å²) in [5.41, 5.74) is 5.34. The monoisotopic (exact) mass is 196 g/mol. The van der Waals surface area contributed by atoms with Gasteiger partial charge in [0.15, 0.2) is 0 Å². The topological polar surface area (TPSA) is 0 Å². The lowest BCUT2D eigenvalue weighted by Crippen LogP contribution is -1.93. The first-order chi connectivity index (χ1) is 7.31. The van der Waals surface area contributed by atoms with Crippen molar-refractivity contribution in [1.29, 1.82) is 0 Å². The van der Waals surface area contributed by atoms with Gasteiger partial charge in [-0.3, -0.25) is 0 Å². The van der Waals surface area contributed by atoms with Crippen LogP contribution in [0.1, 0.15) is 24.0 Å². The van der Waals surface area contributed by atoms with Gasteiger partial charge in [0.05, 0.1) is 0 Å². The first-order valence-corrected chi connectivity index (χ1v) is 5.40. The summed E-state index contributed by atoms with van der Waals surface area (Å²) in [6.45, 7) is 5.99. The van der Waals surface area contributed by atoms with Crippen LogP contribution in [0.15, 0.2) is 54.6 Å². The molecule has 76 valence electrons. The fourth-order valence-electron chi connectivity index (χ4n) is 1.94. The summed E-state index contributed by atoms with van der Waals surface area (Å²) in [7, 11) is 0. The molecule has 2 rings (SSSR count). The molecule has 0 nitrogen and oxygen atoms in total. The van der Waals surface area contributed by atoms with Crippen molar-refractivity contribution in [3.63, 3.8) is 0 Å². The van der Waals surface area contributed by atoms with E-state index < -0.39 is 0 Å². The lowest BCUT2D eigenvalue weighted by molar-refractivity contribution is 1.04. The molecule has 0 aromatic heterocycles. The molecule has 0 heterocycles. The molecule has 0 spiro atoms. The molecule has 1 aromatic carbocycles. The molecule has 0 atom stereocenters. The predicted octanol–water partition coefficient (Wildman–Crippen LogP) is 4.28. The zero-order valence-corrected chi connectivity index (χ0v) is 9.16. The van der Waals surface area contributed by atoms with Gasteiger partial charge in [-0.05, 0) is 36.5 Å². The van der Waals surface area contributed by atoms with Gasteiger partial charge < -0.3 is 0 Å². The molecule has 0 N–H and O–H groups in total. The Morgan fingerprint density at radius 3 is 2.60 bits per heavy atom. The SMILES string of the molecule is C=CC1=C(c2ccc(C)cc2)CCC=C1. The standard InChI is InChI=1S/C15H16/c1-3-13-6-4-5-7-15(13)14-10-8-12(2)9-11-14/h3-4,6,8-11H,1,5,7H2,2H3. The molecule has 15 heavy (non-hydrogen) atoms. The maximum absolute atomic E-state index is 3.87. The van der Waals surface area contributed by atoms with E-state index in [1.54, 1.807) is 0 Å². The molecule has 1 aromatic rings. The van der Waals surface area contributed by atoms with Crippen LogP contribution in [0.25, 0.3) is 5.57 Å². The van der Waals surface area contributed by atoms with E-state index in [1.807, 2.05) is 6.08 Å². The van der Waals surface area contributed by atoms with Crippen LogP contribution < -0.4 is 0 Å². The van der Waals surface area contributed by atoms with Crippen LogP contribution in [0.2, 0.25) is 0 Å². The summed E-state index contributed by atoms with van der Waals surface area (Å²) in [5.74, 6) is 0. The minimum atomic E-state index is 1.13. The van der Waals surface area contributed by atoms with Gasteiger partial charge in [0, 0.05) is 0 Å². The van der Waals surface area contributed by atoms with Crippen LogP contribution in [0.5, 0.6) is 0 Å². The fraction of sp³-hybridized carbons (Fsp3) is 0.200. The van der Waals surface area contributed by atoms with Crippen LogP contribution in [0.4, 0.5) is 0 Å². The molecule has 0 saturated carbocycles. The van der Waals surface area contributed by atoms with Gasteiger partial charge in [-0.15, -0.1) is 0 Å². The van der Waals surface area contributed by atoms with E-state index >= 15 is 0 Å². The van der Waals surface area contributed by atoms with Crippen LogP contribution in [-0.2, 0) is 0 Å². The Labute approximate surface area is 91.6 Å². The highest BCUT2D eigenvalue weighted by atomic mass is 14.1. The first kappa shape index (κ1) is 9.97. The van der Waals surface area contributed by atoms with Gasteiger partial charge in [0.2, 0.25) is 0 Å². The van der Waals surface area contributed by atoms with Crippen molar-refractivity contribution >= 4 is 5.57 Å². The van der Waals surface area contributed by atoms with Crippen molar-refractivity contribution in [3.05, 3.63) is 65.8 Å². The second-order valence-corrected chi connectivity index (χ2v) is 3.95. The highest BCUT2D eigenvalue weighted by Gasteiger charge is 2.07. The van der Waals surface area contributed by atoms with E-state index in [0.29, 0.717) is 0 Å². The molecule has 0 radical (unpaired) electrons. The third-order valence-corrected chi connectivity index (χ3v) is 2.83. The van der Waals surface area contributed by atoms with Gasteiger partial charge in [-0.1, -0.05) is 54.6 Å². The van der Waals surface area contributed by atoms with Gasteiger partial charge in [0.25, 0.3) is 0 Å². The van der Waals surface area contributed by atoms with Crippen molar-refractivity contribution < 1.29 is 0 Å². The molecular formula is C15H16. The lowest BCUT2D eigenvalue weighted by atomic mass is 9.91. The Kier molecular flexibility index (Phi) is 2.86. The third-order valence-electron chi connectivity index (χ3n) is 2.83. The number of hydrogen-bond donors (Lipinski definition) is 0. The van der Waals surface area contributed by atoms with Crippen molar-refractivity contribution in [3.8, 4) is 0 Å². The summed E-state index contributed by atoms with van der Waals surface area (Å²) in [6, 6.07) is 8.74. The van der Waals surface area contributed by atoms with Crippen LogP contribution in [0, 0.1) is 6.92 Å². The van der Waals surface area contributed by atoms with Gasteiger partial charge in [-0.2, -0.15) is 0 Å². The molecule has 0 bridgehead atoms. The maximum Gasteiger partial charge on any atom is -0.0218 e. The predicted molar refractivity (Wildman–Crippen MR) is 66.7 cm³/mol. The third kappa shape index (κ3) is 2.10. The first-order valence-electron chi connectivity index (χ1n) is 5.40. The minimum Gasteiger partial charge on any atom is -0.0985 e. The number of allylic oxidation sites excluding steroid dienone is 5. The lowest BCUT2D eigenvalue weighted by Gasteiger charge is -2.14. The Bertz CT molecular complexity index is 416. The van der Waals surface area contributed by atoms with Gasteiger partial charge in [0.1, 0.15) is 0 Å². The number of aryl methyl sites for hydroxylation is 1. The highest BCUT2D eigenvalue weighted by molar-refractivity contribution is 5.74. The Morgan fingerprint density at radius 1 is 1.20 bits per heavy atom. The smallest absolute Gasteiger partial charge is 0.0218 e. The summed E-state index contributed by atoms with van der Waals surface area (Å²) < 4.78 is 0. The Balaban J connectivity index is 2.44. The molecule has 0 fully saturated rings. The van der Waals surface area contributed by atoms with Crippen molar-refractivity contribution in [2.45, 2.75) is 19.8 Å². The molecule has 1 aliphatic carbocycles. The van der Waals surface area contributed by atoms with Crippen LogP contribution >= 0.6 is 0 Å². The minimum absolute atomic E-state index is 1.13. The summed E-state index contributed by atoms with van der Waals surface area (Å²) in [5, 5.41) is 0. The normalized spacial score (nSPS) is 15.5. The highest BCUT2D eigenvalue weighted by Crippen LogP contribution is 2.28. The molecule has 0 heteroatoms. The van der Waals surface area contributed by atoms with Crippen LogP contribution in [-0.4, -0.2) is 0 Å². The summed E-state index contributed by atoms with van der Waals surface area (Å²) in [4.78, 5) is 0. The second kappa shape index (κ2) is 4.31. The Hall–Kier alpha value is -1.56. The van der Waals surface area contributed by atoms with E-state index in [0.717, 1.165) is 12.8 Å². The van der Waals surface area contributed by atoms with Crippen molar-refractivity contribution in [2.24, 2.45) is 0 Å². The number of benzene rings is 1. The summed E-state index contributed by atoms with van der Waals surface area (Å²) in [6.07, 6.45) is 8.60. The van der Waals surface area contributed by atoms with E-state index in [-0.39, 0.29) is 0 Å². The second-order valence-electron chi connectivity index (χ2n) is 3.95. The largest absolute Gasteiger partial charge is 0.0985 e. The average Bonchev–Trinajstić information content (AvgIpc) is 2.30. The maximum atomic E-state index is 3.87. The summed E-state index contributed by atoms with van der Waals surface area (Å²) >= 11 is 0. The zero-order valence-electron chi connectivity index (χ0n) is 9.16. The van der Waals surface area contributed by atoms with E-state index in [1.165, 1.54) is 22.3 Å². The van der Waals surface area contributed by atoms with E-state index in [4.69, 9.17) is 0 Å². The van der Waals surface area contributed by atoms with Crippen LogP contribution in [0.3, 0.4) is 0 Å². The molecular weight excluding hydrogens is 180 g/mol. The van der Waals surface area contributed by atoms with E-state index in [2.05, 4.69) is 49.9 Å². The van der Waals surface area contributed by atoms with E-state index in [9.17, 15) is 0 Å². The fourth-order valence-corrected chi connectivity index (χ4v) is 1.94. The van der Waals surface area contributed by atoms with Gasteiger partial charge in [-0.25, -0.2) is 0 Å².